The number of aromatic amines is 1. The number of imide groups is 1. The highest BCUT2D eigenvalue weighted by Gasteiger charge is 2.21. The number of imidazole rings is 1. The van der Waals surface area contributed by atoms with Gasteiger partial charge in [-0.2, -0.15) is 0 Å². The number of nitrogens with zero attached hydrogens (tertiary/aromatic N) is 1. The van der Waals surface area contributed by atoms with Gasteiger partial charge in [0.15, 0.2) is 5.16 Å². The standard InChI is InChI=1S/C22H24N4O2S/c1-13-5-9-16(10-6-13)18-19(17-11-7-14(2)8-12-17)25-22(24-18)29-15(3)20(27)26-21(28)23-4/h5-12,15H,1-4H3,(H,24,25)(H2,23,26,27,28)/t15-/m1/s1. The molecule has 3 N–H and O–H groups in total. The molecule has 3 aromatic rings. The maximum absolute atomic E-state index is 12.2. The fourth-order valence-corrected chi connectivity index (χ4v) is 3.56. The van der Waals surface area contributed by atoms with Crippen LogP contribution < -0.4 is 10.6 Å². The Hall–Kier alpha value is -3.06. The number of H-pyrrole nitrogens is 1. The molecular formula is C22H24N4O2S. The molecule has 1 atom stereocenters. The van der Waals surface area contributed by atoms with E-state index in [1.165, 1.54) is 29.9 Å². The summed E-state index contributed by atoms with van der Waals surface area (Å²) in [6.07, 6.45) is 0. The Kier molecular flexibility index (Phi) is 6.39. The van der Waals surface area contributed by atoms with Gasteiger partial charge in [-0.25, -0.2) is 9.78 Å². The zero-order valence-electron chi connectivity index (χ0n) is 16.9. The van der Waals surface area contributed by atoms with E-state index in [1.54, 1.807) is 6.92 Å². The minimum absolute atomic E-state index is 0.375. The van der Waals surface area contributed by atoms with E-state index in [-0.39, 0.29) is 5.91 Å². The summed E-state index contributed by atoms with van der Waals surface area (Å²) in [4.78, 5) is 31.7. The first-order valence-electron chi connectivity index (χ1n) is 9.30. The molecule has 1 heterocycles. The fourth-order valence-electron chi connectivity index (χ4n) is 2.75. The summed E-state index contributed by atoms with van der Waals surface area (Å²) in [7, 11) is 1.47. The molecule has 0 unspecified atom stereocenters. The van der Waals surface area contributed by atoms with Gasteiger partial charge in [0.2, 0.25) is 5.91 Å². The molecule has 2 aromatic carbocycles. The summed E-state index contributed by atoms with van der Waals surface area (Å²) in [6, 6.07) is 15.9. The summed E-state index contributed by atoms with van der Waals surface area (Å²) in [5, 5.41) is 4.80. The van der Waals surface area contributed by atoms with Crippen LogP contribution in [-0.2, 0) is 4.79 Å². The summed E-state index contributed by atoms with van der Waals surface area (Å²) < 4.78 is 0. The molecule has 3 rings (SSSR count). The molecule has 0 saturated carbocycles. The third-order valence-electron chi connectivity index (χ3n) is 4.47. The molecule has 0 aliphatic heterocycles. The van der Waals surface area contributed by atoms with Gasteiger partial charge in [0.1, 0.15) is 0 Å². The Labute approximate surface area is 174 Å². The molecule has 0 saturated heterocycles. The van der Waals surface area contributed by atoms with Gasteiger partial charge in [0.05, 0.1) is 16.6 Å². The molecule has 0 radical (unpaired) electrons. The quantitative estimate of drug-likeness (QED) is 0.550. The van der Waals surface area contributed by atoms with Crippen molar-refractivity contribution in [3.63, 3.8) is 0 Å². The SMILES string of the molecule is CNC(=O)NC(=O)[C@@H](C)Sc1nc(-c2ccc(C)cc2)c(-c2ccc(C)cc2)[nH]1. The molecule has 0 aliphatic carbocycles. The van der Waals surface area contributed by atoms with E-state index < -0.39 is 11.3 Å². The number of amides is 3. The fraction of sp³-hybridized carbons (Fsp3) is 0.227. The monoisotopic (exact) mass is 408 g/mol. The van der Waals surface area contributed by atoms with Crippen LogP contribution in [0.3, 0.4) is 0 Å². The molecule has 0 spiro atoms. The van der Waals surface area contributed by atoms with Crippen molar-refractivity contribution in [3.05, 3.63) is 59.7 Å². The average Bonchev–Trinajstić information content (AvgIpc) is 3.12. The van der Waals surface area contributed by atoms with E-state index in [9.17, 15) is 9.59 Å². The molecule has 7 heteroatoms. The second-order valence-electron chi connectivity index (χ2n) is 6.83. The maximum atomic E-state index is 12.2. The lowest BCUT2D eigenvalue weighted by Gasteiger charge is -2.08. The number of aromatic nitrogens is 2. The van der Waals surface area contributed by atoms with Crippen LogP contribution in [0.5, 0.6) is 0 Å². The van der Waals surface area contributed by atoms with Gasteiger partial charge in [0.25, 0.3) is 0 Å². The number of hydrogen-bond donors (Lipinski definition) is 3. The van der Waals surface area contributed by atoms with Crippen molar-refractivity contribution < 1.29 is 9.59 Å². The van der Waals surface area contributed by atoms with Crippen LogP contribution in [-0.4, -0.2) is 34.2 Å². The highest BCUT2D eigenvalue weighted by molar-refractivity contribution is 8.00. The topological polar surface area (TPSA) is 86.9 Å². The van der Waals surface area contributed by atoms with E-state index in [0.717, 1.165) is 22.5 Å². The Morgan fingerprint density at radius 1 is 0.966 bits per heavy atom. The van der Waals surface area contributed by atoms with Crippen molar-refractivity contribution in [2.45, 2.75) is 31.2 Å². The summed E-state index contributed by atoms with van der Waals surface area (Å²) >= 11 is 1.28. The second-order valence-corrected chi connectivity index (χ2v) is 8.16. The van der Waals surface area contributed by atoms with E-state index in [2.05, 4.69) is 52.0 Å². The number of nitrogens with one attached hydrogen (secondary N) is 3. The molecule has 0 bridgehead atoms. The second kappa shape index (κ2) is 8.96. The van der Waals surface area contributed by atoms with Crippen molar-refractivity contribution >= 4 is 23.7 Å². The number of carbonyl (C=O) groups is 2. The number of urea groups is 1. The van der Waals surface area contributed by atoms with E-state index >= 15 is 0 Å². The molecule has 0 fully saturated rings. The number of benzene rings is 2. The van der Waals surface area contributed by atoms with E-state index in [1.807, 2.05) is 26.0 Å². The van der Waals surface area contributed by atoms with Crippen molar-refractivity contribution in [1.82, 2.24) is 20.6 Å². The zero-order chi connectivity index (χ0) is 21.0. The highest BCUT2D eigenvalue weighted by atomic mass is 32.2. The van der Waals surface area contributed by atoms with E-state index in [0.29, 0.717) is 5.16 Å². The Balaban J connectivity index is 1.94. The lowest BCUT2D eigenvalue weighted by Crippen LogP contribution is -2.41. The van der Waals surface area contributed by atoms with Gasteiger partial charge in [-0.15, -0.1) is 0 Å². The summed E-state index contributed by atoms with van der Waals surface area (Å²) in [5.41, 5.74) is 6.10. The average molecular weight is 409 g/mol. The minimum atomic E-state index is -0.525. The Morgan fingerprint density at radius 3 is 2.07 bits per heavy atom. The van der Waals surface area contributed by atoms with Crippen LogP contribution in [0.2, 0.25) is 0 Å². The first kappa shape index (κ1) is 20.7. The van der Waals surface area contributed by atoms with Crippen LogP contribution >= 0.6 is 11.8 Å². The first-order valence-corrected chi connectivity index (χ1v) is 10.2. The predicted molar refractivity (Wildman–Crippen MR) is 117 cm³/mol. The normalized spacial score (nSPS) is 11.7. The highest BCUT2D eigenvalue weighted by Crippen LogP contribution is 2.34. The number of hydrogen-bond acceptors (Lipinski definition) is 4. The van der Waals surface area contributed by atoms with Crippen molar-refractivity contribution in [2.75, 3.05) is 7.05 Å². The first-order chi connectivity index (χ1) is 13.9. The third-order valence-corrected chi connectivity index (χ3v) is 5.45. The Bertz CT molecular complexity index is 947. The van der Waals surface area contributed by atoms with E-state index in [4.69, 9.17) is 4.98 Å². The molecule has 150 valence electrons. The maximum Gasteiger partial charge on any atom is 0.321 e. The van der Waals surface area contributed by atoms with Crippen molar-refractivity contribution in [2.24, 2.45) is 0 Å². The number of carbonyl (C=O) groups excluding carboxylic acids is 2. The molecule has 1 aromatic heterocycles. The van der Waals surface area contributed by atoms with Crippen molar-refractivity contribution in [3.8, 4) is 22.5 Å². The Morgan fingerprint density at radius 2 is 1.52 bits per heavy atom. The lowest BCUT2D eigenvalue weighted by atomic mass is 10.0. The number of thioether (sulfide) groups is 1. The third kappa shape index (κ3) is 5.06. The van der Waals surface area contributed by atoms with Gasteiger partial charge in [-0.05, 0) is 20.8 Å². The van der Waals surface area contributed by atoms with Gasteiger partial charge in [-0.3, -0.25) is 10.1 Å². The summed E-state index contributed by atoms with van der Waals surface area (Å²) in [6.45, 7) is 5.83. The van der Waals surface area contributed by atoms with Gasteiger partial charge in [0, 0.05) is 18.2 Å². The van der Waals surface area contributed by atoms with Crippen LogP contribution in [0, 0.1) is 13.8 Å². The molecule has 0 aliphatic rings. The van der Waals surface area contributed by atoms with Crippen LogP contribution in [0.15, 0.2) is 53.7 Å². The molecule has 3 amide bonds. The lowest BCUT2D eigenvalue weighted by molar-refractivity contribution is -0.119. The minimum Gasteiger partial charge on any atom is -0.341 e. The van der Waals surface area contributed by atoms with Gasteiger partial charge < -0.3 is 10.3 Å². The summed E-state index contributed by atoms with van der Waals surface area (Å²) in [5.74, 6) is -0.375. The molecule has 29 heavy (non-hydrogen) atoms. The van der Waals surface area contributed by atoms with Crippen LogP contribution in [0.4, 0.5) is 4.79 Å². The predicted octanol–water partition coefficient (Wildman–Crippen LogP) is 4.30. The molecule has 6 nitrogen and oxygen atoms in total. The number of rotatable bonds is 5. The van der Waals surface area contributed by atoms with Crippen molar-refractivity contribution in [1.29, 1.82) is 0 Å². The number of aryl methyl sites for hydroxylation is 2. The van der Waals surface area contributed by atoms with Gasteiger partial charge >= 0.3 is 6.03 Å². The largest absolute Gasteiger partial charge is 0.341 e. The van der Waals surface area contributed by atoms with Crippen LogP contribution in [0.1, 0.15) is 18.1 Å². The zero-order valence-corrected chi connectivity index (χ0v) is 17.7. The smallest absolute Gasteiger partial charge is 0.321 e. The molecular weight excluding hydrogens is 384 g/mol. The van der Waals surface area contributed by atoms with Crippen LogP contribution in [0.25, 0.3) is 22.5 Å². The van der Waals surface area contributed by atoms with Gasteiger partial charge in [-0.1, -0.05) is 71.4 Å².